The molecule has 0 fully saturated rings. The lowest BCUT2D eigenvalue weighted by Crippen LogP contribution is -2.06. The van der Waals surface area contributed by atoms with E-state index in [-0.39, 0.29) is 6.04 Å². The Balaban J connectivity index is 3.04. The summed E-state index contributed by atoms with van der Waals surface area (Å²) in [5.74, 6) is 0. The Morgan fingerprint density at radius 3 is 2.67 bits per heavy atom. The first-order valence-electron chi connectivity index (χ1n) is 3.58. The lowest BCUT2D eigenvalue weighted by atomic mass is 10.1. The predicted octanol–water partition coefficient (Wildman–Crippen LogP) is 2.22. The second kappa shape index (κ2) is 3.74. The van der Waals surface area contributed by atoms with Crippen LogP contribution >= 0.6 is 15.9 Å². The van der Waals surface area contributed by atoms with E-state index < -0.39 is 0 Å². The largest absolute Gasteiger partial charge is 0.398 e. The number of anilines is 1. The molecule has 4 N–H and O–H groups in total. The molecular formula is C9H11BrN2. The Morgan fingerprint density at radius 2 is 2.17 bits per heavy atom. The van der Waals surface area contributed by atoms with Crippen molar-refractivity contribution in [2.24, 2.45) is 5.73 Å². The molecule has 0 aliphatic rings. The maximum atomic E-state index is 5.72. The minimum Gasteiger partial charge on any atom is -0.398 e. The summed E-state index contributed by atoms with van der Waals surface area (Å²) in [5, 5.41) is 0. The minimum atomic E-state index is -0.139. The van der Waals surface area contributed by atoms with E-state index in [1.165, 1.54) is 0 Å². The van der Waals surface area contributed by atoms with Gasteiger partial charge in [0, 0.05) is 16.2 Å². The Kier molecular flexibility index (Phi) is 2.89. The van der Waals surface area contributed by atoms with Gasteiger partial charge >= 0.3 is 0 Å². The van der Waals surface area contributed by atoms with Gasteiger partial charge in [-0.2, -0.15) is 0 Å². The van der Waals surface area contributed by atoms with Crippen molar-refractivity contribution in [1.82, 2.24) is 0 Å². The van der Waals surface area contributed by atoms with Crippen molar-refractivity contribution >= 4 is 21.6 Å². The smallest absolute Gasteiger partial charge is 0.0479 e. The highest BCUT2D eigenvalue weighted by atomic mass is 79.9. The molecule has 2 nitrogen and oxygen atoms in total. The van der Waals surface area contributed by atoms with Crippen molar-refractivity contribution < 1.29 is 0 Å². The number of halogens is 1. The van der Waals surface area contributed by atoms with E-state index in [4.69, 9.17) is 11.5 Å². The fourth-order valence-corrected chi connectivity index (χ4v) is 1.15. The Bertz CT molecular complexity index is 297. The van der Waals surface area contributed by atoms with Crippen molar-refractivity contribution in [1.29, 1.82) is 0 Å². The molecule has 1 rings (SSSR count). The van der Waals surface area contributed by atoms with E-state index in [9.17, 15) is 0 Å². The zero-order valence-electron chi connectivity index (χ0n) is 6.63. The number of rotatable bonds is 2. The topological polar surface area (TPSA) is 52.0 Å². The van der Waals surface area contributed by atoms with Gasteiger partial charge in [-0.3, -0.25) is 0 Å². The summed E-state index contributed by atoms with van der Waals surface area (Å²) in [6.07, 6.45) is 1.68. The van der Waals surface area contributed by atoms with Gasteiger partial charge in [-0.1, -0.05) is 12.1 Å². The summed E-state index contributed by atoms with van der Waals surface area (Å²) in [6.45, 7) is 3.61. The van der Waals surface area contributed by atoms with Crippen LogP contribution in [0.25, 0.3) is 0 Å². The predicted molar refractivity (Wildman–Crippen MR) is 55.7 cm³/mol. The fraction of sp³-hybridized carbons (Fsp3) is 0.111. The molecule has 3 heteroatoms. The second-order valence-corrected chi connectivity index (χ2v) is 3.40. The molecule has 64 valence electrons. The molecule has 0 aromatic heterocycles. The maximum Gasteiger partial charge on any atom is 0.0479 e. The highest BCUT2D eigenvalue weighted by Crippen LogP contribution is 2.22. The van der Waals surface area contributed by atoms with Gasteiger partial charge in [0.05, 0.1) is 0 Å². The average Bonchev–Trinajstić information content (AvgIpc) is 2.08. The van der Waals surface area contributed by atoms with E-state index >= 15 is 0 Å². The van der Waals surface area contributed by atoms with Gasteiger partial charge in [-0.15, -0.1) is 6.58 Å². The maximum absolute atomic E-state index is 5.72. The van der Waals surface area contributed by atoms with Crippen molar-refractivity contribution in [2.45, 2.75) is 6.04 Å². The van der Waals surface area contributed by atoms with Crippen molar-refractivity contribution in [3.63, 3.8) is 0 Å². The average molecular weight is 227 g/mol. The number of nitrogens with two attached hydrogens (primary N) is 2. The molecule has 0 spiro atoms. The normalized spacial score (nSPS) is 12.5. The monoisotopic (exact) mass is 226 g/mol. The second-order valence-electron chi connectivity index (χ2n) is 2.54. The van der Waals surface area contributed by atoms with Crippen molar-refractivity contribution in [2.75, 3.05) is 5.73 Å². The highest BCUT2D eigenvalue weighted by Gasteiger charge is 2.02. The third-order valence-corrected chi connectivity index (χ3v) is 2.38. The number of nitrogen functional groups attached to an aromatic ring is 1. The molecule has 0 aliphatic heterocycles. The van der Waals surface area contributed by atoms with Crippen LogP contribution in [-0.4, -0.2) is 0 Å². The van der Waals surface area contributed by atoms with Gasteiger partial charge in [0.1, 0.15) is 0 Å². The molecule has 12 heavy (non-hydrogen) atoms. The molecule has 0 amide bonds. The van der Waals surface area contributed by atoms with Crippen LogP contribution in [0.2, 0.25) is 0 Å². The summed E-state index contributed by atoms with van der Waals surface area (Å²) in [5.41, 5.74) is 13.1. The first kappa shape index (κ1) is 9.29. The van der Waals surface area contributed by atoms with Crippen LogP contribution in [0.4, 0.5) is 5.69 Å². The molecular weight excluding hydrogens is 216 g/mol. The quantitative estimate of drug-likeness (QED) is 0.601. The molecule has 0 heterocycles. The van der Waals surface area contributed by atoms with Gasteiger partial charge in [0.25, 0.3) is 0 Å². The molecule has 0 saturated heterocycles. The first-order chi connectivity index (χ1) is 5.65. The van der Waals surface area contributed by atoms with E-state index in [0.717, 1.165) is 10.0 Å². The molecule has 0 radical (unpaired) electrons. The Hall–Kier alpha value is -0.800. The van der Waals surface area contributed by atoms with Gasteiger partial charge < -0.3 is 11.5 Å². The van der Waals surface area contributed by atoms with Crippen LogP contribution < -0.4 is 11.5 Å². The van der Waals surface area contributed by atoms with Crippen molar-refractivity contribution in [3.8, 4) is 0 Å². The van der Waals surface area contributed by atoms with Gasteiger partial charge in [-0.05, 0) is 33.6 Å². The summed E-state index contributed by atoms with van der Waals surface area (Å²) in [7, 11) is 0. The lowest BCUT2D eigenvalue weighted by molar-refractivity contribution is 0.915. The van der Waals surface area contributed by atoms with Crippen LogP contribution in [0, 0.1) is 0 Å². The Labute approximate surface area is 80.4 Å². The zero-order chi connectivity index (χ0) is 9.14. The van der Waals surface area contributed by atoms with Crippen LogP contribution in [-0.2, 0) is 0 Å². The van der Waals surface area contributed by atoms with Gasteiger partial charge in [0.2, 0.25) is 0 Å². The van der Waals surface area contributed by atoms with Crippen LogP contribution in [0.3, 0.4) is 0 Å². The van der Waals surface area contributed by atoms with E-state index in [0.29, 0.717) is 5.69 Å². The van der Waals surface area contributed by atoms with E-state index in [1.54, 1.807) is 6.08 Å². The Morgan fingerprint density at radius 1 is 1.50 bits per heavy atom. The molecule has 0 aliphatic carbocycles. The number of benzene rings is 1. The van der Waals surface area contributed by atoms with Gasteiger partial charge in [0.15, 0.2) is 0 Å². The summed E-state index contributed by atoms with van der Waals surface area (Å²) in [4.78, 5) is 0. The number of hydrogen-bond acceptors (Lipinski definition) is 2. The van der Waals surface area contributed by atoms with Crippen LogP contribution in [0.1, 0.15) is 11.6 Å². The molecule has 0 bridgehead atoms. The number of hydrogen-bond donors (Lipinski definition) is 2. The minimum absolute atomic E-state index is 0.139. The van der Waals surface area contributed by atoms with Crippen LogP contribution in [0.5, 0.6) is 0 Å². The highest BCUT2D eigenvalue weighted by molar-refractivity contribution is 9.10. The molecule has 0 saturated carbocycles. The third-order valence-electron chi connectivity index (χ3n) is 1.66. The molecule has 1 aromatic rings. The summed E-state index contributed by atoms with van der Waals surface area (Å²) in [6, 6.07) is 5.51. The summed E-state index contributed by atoms with van der Waals surface area (Å²) >= 11 is 3.31. The zero-order valence-corrected chi connectivity index (χ0v) is 8.21. The van der Waals surface area contributed by atoms with Gasteiger partial charge in [-0.25, -0.2) is 0 Å². The van der Waals surface area contributed by atoms with E-state index in [1.807, 2.05) is 18.2 Å². The SMILES string of the molecule is C=C[C@H](N)c1ccc(Br)c(N)c1. The first-order valence-corrected chi connectivity index (χ1v) is 4.37. The molecule has 1 atom stereocenters. The fourth-order valence-electron chi connectivity index (χ4n) is 0.906. The summed E-state index contributed by atoms with van der Waals surface area (Å²) < 4.78 is 0.891. The molecule has 1 aromatic carbocycles. The lowest BCUT2D eigenvalue weighted by Gasteiger charge is -2.07. The standard InChI is InChI=1S/C9H11BrN2/c1-2-8(11)6-3-4-7(10)9(12)5-6/h2-5,8H,1,11-12H2/t8-/m0/s1. The molecule has 0 unspecified atom stereocenters. The third kappa shape index (κ3) is 1.87. The van der Waals surface area contributed by atoms with E-state index in [2.05, 4.69) is 22.5 Å². The van der Waals surface area contributed by atoms with Crippen LogP contribution in [0.15, 0.2) is 35.3 Å². The van der Waals surface area contributed by atoms with Crippen molar-refractivity contribution in [3.05, 3.63) is 40.9 Å².